The van der Waals surface area contributed by atoms with Gasteiger partial charge in [-0.3, -0.25) is 20.1 Å². The molecule has 9 nitrogen and oxygen atoms in total. The molecule has 3 N–H and O–H groups in total. The predicted octanol–water partition coefficient (Wildman–Crippen LogP) is 1.98. The molecule has 2 atom stereocenters. The number of nitrogens with zero attached hydrogens (tertiary/aromatic N) is 4. The average Bonchev–Trinajstić information content (AvgIpc) is 3.30. The van der Waals surface area contributed by atoms with E-state index in [-0.39, 0.29) is 17.2 Å². The van der Waals surface area contributed by atoms with Crippen molar-refractivity contribution in [3.8, 4) is 11.8 Å². The Hall–Kier alpha value is -3.90. The Bertz CT molecular complexity index is 1570. The number of hydrogen-bond donors (Lipinski definition) is 3. The Kier molecular flexibility index (Phi) is 5.91. The first-order valence-electron chi connectivity index (χ1n) is 11.9. The fraction of sp³-hybridized carbons (Fsp3) is 0.385. The van der Waals surface area contributed by atoms with Crippen LogP contribution in [0.2, 0.25) is 0 Å². The number of hydrogen-bond acceptors (Lipinski definition) is 6. The maximum Gasteiger partial charge on any atom is 0.349 e. The largest absolute Gasteiger partial charge is 0.349 e. The number of piperidine rings is 1. The fourth-order valence-corrected chi connectivity index (χ4v) is 5.26. The van der Waals surface area contributed by atoms with Crippen molar-refractivity contribution in [2.24, 2.45) is 0 Å². The number of aromatic amines is 2. The first-order chi connectivity index (χ1) is 16.9. The normalized spacial score (nSPS) is 20.2. The molecule has 0 amide bonds. The summed E-state index contributed by atoms with van der Waals surface area (Å²) < 4.78 is 1.23. The predicted molar refractivity (Wildman–Crippen MR) is 137 cm³/mol. The molecule has 180 valence electrons. The molecule has 1 saturated heterocycles. The third-order valence-electron chi connectivity index (χ3n) is 6.99. The van der Waals surface area contributed by atoms with Gasteiger partial charge >= 0.3 is 11.2 Å². The number of fused-ring (bicyclic) bond motifs is 2. The molecule has 35 heavy (non-hydrogen) atoms. The van der Waals surface area contributed by atoms with Gasteiger partial charge in [-0.05, 0) is 45.1 Å². The van der Waals surface area contributed by atoms with Crippen molar-refractivity contribution in [3.05, 3.63) is 68.9 Å². The van der Waals surface area contributed by atoms with E-state index in [1.165, 1.54) is 11.0 Å². The Balaban J connectivity index is 1.66. The minimum absolute atomic E-state index is 0.230. The van der Waals surface area contributed by atoms with Gasteiger partial charge in [0.25, 0.3) is 0 Å². The van der Waals surface area contributed by atoms with Gasteiger partial charge in [0.1, 0.15) is 0 Å². The summed E-state index contributed by atoms with van der Waals surface area (Å²) in [4.78, 5) is 41.1. The molecule has 0 aliphatic carbocycles. The molecule has 9 heteroatoms. The summed E-state index contributed by atoms with van der Waals surface area (Å²) >= 11 is 0. The molecule has 0 bridgehead atoms. The zero-order chi connectivity index (χ0) is 24.6. The molecule has 4 heterocycles. The van der Waals surface area contributed by atoms with Gasteiger partial charge in [0.05, 0.1) is 24.6 Å². The van der Waals surface area contributed by atoms with Gasteiger partial charge in [-0.2, -0.15) is 4.68 Å². The van der Waals surface area contributed by atoms with E-state index in [1.54, 1.807) is 0 Å². The third-order valence-corrected chi connectivity index (χ3v) is 6.99. The van der Waals surface area contributed by atoms with Crippen LogP contribution < -0.4 is 21.6 Å². The highest BCUT2D eigenvalue weighted by atomic mass is 16.2. The molecule has 0 spiro atoms. The molecule has 1 aliphatic rings. The van der Waals surface area contributed by atoms with Crippen molar-refractivity contribution < 1.29 is 0 Å². The molecular formula is C26H29N7O2. The van der Waals surface area contributed by atoms with E-state index in [0.717, 1.165) is 35.0 Å². The molecule has 1 aliphatic heterocycles. The highest BCUT2D eigenvalue weighted by molar-refractivity contribution is 5.85. The van der Waals surface area contributed by atoms with Crippen LogP contribution in [-0.2, 0) is 6.42 Å². The van der Waals surface area contributed by atoms with Gasteiger partial charge in [0.15, 0.2) is 11.2 Å². The lowest BCUT2D eigenvalue weighted by molar-refractivity contribution is 0.198. The standard InChI is InChI=1S/C26H29N7O2/c1-4-5-12-29-26(3)11-8-13-32(33-24(34)22-23(28-16-27-22)31-25(33)35)21(26)15-20-19-10-7-6-9-18(19)14-17(2)30-20/h6-7,9-10,14,16,21,29H,8,11-13,15H2,1-3H3,(H,27,28)(H,31,35)/t21?,26-/m0/s1. The van der Waals surface area contributed by atoms with Crippen molar-refractivity contribution in [3.63, 3.8) is 0 Å². The molecule has 0 saturated carbocycles. The number of nitrogens with one attached hydrogen (secondary N) is 3. The topological polar surface area (TPSA) is 112 Å². The average molecular weight is 472 g/mol. The monoisotopic (exact) mass is 471 g/mol. The number of benzene rings is 1. The highest BCUT2D eigenvalue weighted by Crippen LogP contribution is 2.30. The van der Waals surface area contributed by atoms with Crippen LogP contribution in [0.25, 0.3) is 21.9 Å². The van der Waals surface area contributed by atoms with E-state index in [2.05, 4.69) is 57.2 Å². The van der Waals surface area contributed by atoms with Crippen LogP contribution in [-0.4, -0.2) is 49.3 Å². The van der Waals surface area contributed by atoms with Crippen molar-refractivity contribution >= 4 is 21.9 Å². The lowest BCUT2D eigenvalue weighted by Crippen LogP contribution is -2.69. The molecule has 3 aromatic heterocycles. The van der Waals surface area contributed by atoms with Gasteiger partial charge in [0.2, 0.25) is 0 Å². The Labute approximate surface area is 202 Å². The number of imidazole rings is 1. The first kappa shape index (κ1) is 22.9. The molecule has 1 aromatic carbocycles. The first-order valence-corrected chi connectivity index (χ1v) is 11.9. The van der Waals surface area contributed by atoms with E-state index < -0.39 is 16.8 Å². The minimum atomic E-state index is -0.501. The van der Waals surface area contributed by atoms with Crippen molar-refractivity contribution in [1.29, 1.82) is 0 Å². The molecule has 1 unspecified atom stereocenters. The number of aromatic nitrogens is 5. The lowest BCUT2D eigenvalue weighted by Gasteiger charge is -2.49. The van der Waals surface area contributed by atoms with Gasteiger partial charge in [-0.15, -0.1) is 5.92 Å². The second kappa shape index (κ2) is 9.04. The second-order valence-electron chi connectivity index (χ2n) is 9.29. The second-order valence-corrected chi connectivity index (χ2v) is 9.29. The van der Waals surface area contributed by atoms with Crippen LogP contribution in [0.4, 0.5) is 0 Å². The zero-order valence-corrected chi connectivity index (χ0v) is 20.2. The van der Waals surface area contributed by atoms with E-state index in [9.17, 15) is 9.59 Å². The van der Waals surface area contributed by atoms with Crippen molar-refractivity contribution in [1.82, 2.24) is 29.9 Å². The molecule has 5 rings (SSSR count). The highest BCUT2D eigenvalue weighted by Gasteiger charge is 2.42. The van der Waals surface area contributed by atoms with E-state index in [4.69, 9.17) is 4.98 Å². The Morgan fingerprint density at radius 2 is 2.11 bits per heavy atom. The summed E-state index contributed by atoms with van der Waals surface area (Å²) in [6, 6.07) is 10.0. The molecule has 1 fully saturated rings. The van der Waals surface area contributed by atoms with Gasteiger partial charge < -0.3 is 9.99 Å². The fourth-order valence-electron chi connectivity index (χ4n) is 5.26. The van der Waals surface area contributed by atoms with Crippen LogP contribution in [0, 0.1) is 18.8 Å². The summed E-state index contributed by atoms with van der Waals surface area (Å²) in [6.07, 6.45) is 3.66. The summed E-state index contributed by atoms with van der Waals surface area (Å²) in [5, 5.41) is 7.71. The van der Waals surface area contributed by atoms with Crippen LogP contribution in [0.1, 0.15) is 38.1 Å². The van der Waals surface area contributed by atoms with E-state index in [1.807, 2.05) is 31.0 Å². The number of pyridine rings is 1. The van der Waals surface area contributed by atoms with Crippen LogP contribution in [0.3, 0.4) is 0 Å². The SMILES string of the molecule is CC#CCN[C@@]1(C)CCCN(n2c(=O)[nH]c3nc[nH]c3c2=O)C1Cc1nc(C)cc2ccccc12. The number of H-pyrrole nitrogens is 2. The number of rotatable bonds is 5. The maximum absolute atomic E-state index is 13.4. The summed E-state index contributed by atoms with van der Waals surface area (Å²) in [7, 11) is 0. The smallest absolute Gasteiger partial charge is 0.339 e. The van der Waals surface area contributed by atoms with E-state index in [0.29, 0.717) is 19.5 Å². The lowest BCUT2D eigenvalue weighted by atomic mass is 9.80. The zero-order valence-electron chi connectivity index (χ0n) is 20.2. The Morgan fingerprint density at radius 1 is 1.29 bits per heavy atom. The maximum atomic E-state index is 13.4. The van der Waals surface area contributed by atoms with Crippen LogP contribution in [0.5, 0.6) is 0 Å². The summed E-state index contributed by atoms with van der Waals surface area (Å²) in [5.41, 5.74) is 1.09. The molecular weight excluding hydrogens is 442 g/mol. The summed E-state index contributed by atoms with van der Waals surface area (Å²) in [6.45, 7) is 7.03. The molecule has 0 radical (unpaired) electrons. The van der Waals surface area contributed by atoms with E-state index >= 15 is 0 Å². The van der Waals surface area contributed by atoms with Gasteiger partial charge in [0, 0.05) is 29.6 Å². The van der Waals surface area contributed by atoms with Crippen molar-refractivity contribution in [2.75, 3.05) is 18.1 Å². The minimum Gasteiger partial charge on any atom is -0.339 e. The number of aryl methyl sites for hydroxylation is 1. The van der Waals surface area contributed by atoms with Gasteiger partial charge in [-0.25, -0.2) is 9.78 Å². The van der Waals surface area contributed by atoms with Crippen LogP contribution in [0.15, 0.2) is 46.2 Å². The van der Waals surface area contributed by atoms with Crippen LogP contribution >= 0.6 is 0 Å². The summed E-state index contributed by atoms with van der Waals surface area (Å²) in [5.74, 6) is 6.04. The Morgan fingerprint density at radius 3 is 2.94 bits per heavy atom. The van der Waals surface area contributed by atoms with Gasteiger partial charge in [-0.1, -0.05) is 30.2 Å². The molecule has 4 aromatic rings. The van der Waals surface area contributed by atoms with Crippen molar-refractivity contribution in [2.45, 2.75) is 51.6 Å². The third kappa shape index (κ3) is 4.10. The quantitative estimate of drug-likeness (QED) is 0.384.